The summed E-state index contributed by atoms with van der Waals surface area (Å²) in [6, 6.07) is 14.5. The smallest absolute Gasteiger partial charge is 0.416 e. The standard InChI is InChI=1S/C20H19F3O2/c1-2-25-19(24)14-17(16-6-4-3-5-7-16)11-8-15-9-12-18(13-10-15)20(21,22)23/h3-7,9-10,12-14H,2,8,11H2,1H3/b17-14+. The molecule has 2 aromatic rings. The number of halogens is 3. The summed E-state index contributed by atoms with van der Waals surface area (Å²) in [6.45, 7) is 2.02. The van der Waals surface area contributed by atoms with Gasteiger partial charge in [-0.2, -0.15) is 13.2 Å². The summed E-state index contributed by atoms with van der Waals surface area (Å²) in [5.41, 5.74) is 1.79. The highest BCUT2D eigenvalue weighted by Crippen LogP contribution is 2.29. The number of allylic oxidation sites excluding steroid dienone is 1. The Balaban J connectivity index is 2.13. The minimum atomic E-state index is -4.34. The number of rotatable bonds is 6. The largest absolute Gasteiger partial charge is 0.463 e. The van der Waals surface area contributed by atoms with Gasteiger partial charge in [0.15, 0.2) is 0 Å². The van der Waals surface area contributed by atoms with Crippen molar-refractivity contribution in [2.24, 2.45) is 0 Å². The third-order valence-corrected chi connectivity index (χ3v) is 3.69. The average molecular weight is 348 g/mol. The molecule has 132 valence electrons. The summed E-state index contributed by atoms with van der Waals surface area (Å²) in [7, 11) is 0. The molecule has 0 saturated heterocycles. The maximum absolute atomic E-state index is 12.6. The Morgan fingerprint density at radius 3 is 2.24 bits per heavy atom. The molecule has 0 atom stereocenters. The Morgan fingerprint density at radius 2 is 1.68 bits per heavy atom. The third-order valence-electron chi connectivity index (χ3n) is 3.69. The van der Waals surface area contributed by atoms with Crippen LogP contribution in [0.1, 0.15) is 30.0 Å². The zero-order chi connectivity index (χ0) is 18.3. The second-order valence-electron chi connectivity index (χ2n) is 5.48. The summed E-state index contributed by atoms with van der Waals surface area (Å²) in [5.74, 6) is -0.422. The zero-order valence-corrected chi connectivity index (χ0v) is 13.8. The molecule has 0 fully saturated rings. The summed E-state index contributed by atoms with van der Waals surface area (Å²) in [5, 5.41) is 0. The maximum atomic E-state index is 12.6. The van der Waals surface area contributed by atoms with E-state index in [-0.39, 0.29) is 6.61 Å². The van der Waals surface area contributed by atoms with Crippen molar-refractivity contribution in [2.75, 3.05) is 6.61 Å². The fourth-order valence-electron chi connectivity index (χ4n) is 2.42. The van der Waals surface area contributed by atoms with Crippen LogP contribution in [0.4, 0.5) is 13.2 Å². The summed E-state index contributed by atoms with van der Waals surface area (Å²) < 4.78 is 42.8. The average Bonchev–Trinajstić information content (AvgIpc) is 2.59. The Bertz CT molecular complexity index is 717. The summed E-state index contributed by atoms with van der Waals surface area (Å²) >= 11 is 0. The van der Waals surface area contributed by atoms with E-state index in [1.807, 2.05) is 30.3 Å². The van der Waals surface area contributed by atoms with Gasteiger partial charge in [-0.15, -0.1) is 0 Å². The lowest BCUT2D eigenvalue weighted by atomic mass is 9.97. The van der Waals surface area contributed by atoms with Crippen LogP contribution in [0.15, 0.2) is 60.7 Å². The number of carbonyl (C=O) groups excluding carboxylic acids is 1. The molecule has 0 N–H and O–H groups in total. The molecule has 0 radical (unpaired) electrons. The van der Waals surface area contributed by atoms with Gasteiger partial charge in [0.1, 0.15) is 0 Å². The molecule has 0 aromatic heterocycles. The molecular formula is C20H19F3O2. The van der Waals surface area contributed by atoms with Gasteiger partial charge in [0, 0.05) is 6.08 Å². The van der Waals surface area contributed by atoms with E-state index >= 15 is 0 Å². The number of benzene rings is 2. The van der Waals surface area contributed by atoms with Crippen molar-refractivity contribution in [1.82, 2.24) is 0 Å². The van der Waals surface area contributed by atoms with E-state index in [4.69, 9.17) is 4.74 Å². The molecule has 0 aliphatic heterocycles. The molecule has 0 spiro atoms. The van der Waals surface area contributed by atoms with Crippen LogP contribution in [0.3, 0.4) is 0 Å². The van der Waals surface area contributed by atoms with Crippen LogP contribution in [0.25, 0.3) is 5.57 Å². The van der Waals surface area contributed by atoms with Gasteiger partial charge in [-0.3, -0.25) is 0 Å². The van der Waals surface area contributed by atoms with E-state index in [1.54, 1.807) is 6.92 Å². The minimum Gasteiger partial charge on any atom is -0.463 e. The van der Waals surface area contributed by atoms with Gasteiger partial charge in [-0.1, -0.05) is 42.5 Å². The molecule has 0 bridgehead atoms. The van der Waals surface area contributed by atoms with Crippen LogP contribution < -0.4 is 0 Å². The quantitative estimate of drug-likeness (QED) is 0.524. The lowest BCUT2D eigenvalue weighted by Gasteiger charge is -2.10. The van der Waals surface area contributed by atoms with E-state index in [2.05, 4.69) is 0 Å². The second-order valence-corrected chi connectivity index (χ2v) is 5.48. The molecule has 2 aromatic carbocycles. The number of esters is 1. The molecule has 0 amide bonds. The Labute approximate surface area is 144 Å². The molecule has 0 unspecified atom stereocenters. The van der Waals surface area contributed by atoms with Crippen LogP contribution in [0.2, 0.25) is 0 Å². The van der Waals surface area contributed by atoms with Crippen LogP contribution in [-0.4, -0.2) is 12.6 Å². The Morgan fingerprint density at radius 1 is 1.04 bits per heavy atom. The monoisotopic (exact) mass is 348 g/mol. The molecule has 25 heavy (non-hydrogen) atoms. The molecule has 0 aliphatic carbocycles. The molecular weight excluding hydrogens is 329 g/mol. The zero-order valence-electron chi connectivity index (χ0n) is 13.8. The van der Waals surface area contributed by atoms with Gasteiger partial charge in [0.2, 0.25) is 0 Å². The topological polar surface area (TPSA) is 26.3 Å². The number of carbonyl (C=O) groups is 1. The first-order valence-electron chi connectivity index (χ1n) is 7.99. The molecule has 0 aliphatic rings. The Kier molecular flexibility index (Phi) is 6.39. The van der Waals surface area contributed by atoms with E-state index in [9.17, 15) is 18.0 Å². The molecule has 0 heterocycles. The van der Waals surface area contributed by atoms with E-state index in [1.165, 1.54) is 18.2 Å². The van der Waals surface area contributed by atoms with Gasteiger partial charge in [-0.25, -0.2) is 4.79 Å². The predicted octanol–water partition coefficient (Wildman–Crippen LogP) is 5.28. The minimum absolute atomic E-state index is 0.288. The van der Waals surface area contributed by atoms with Gasteiger partial charge in [0.25, 0.3) is 0 Å². The van der Waals surface area contributed by atoms with E-state index < -0.39 is 17.7 Å². The summed E-state index contributed by atoms with van der Waals surface area (Å²) in [6.07, 6.45) is -1.84. The van der Waals surface area contributed by atoms with Gasteiger partial charge in [0.05, 0.1) is 12.2 Å². The second kappa shape index (κ2) is 8.51. The van der Waals surface area contributed by atoms with Crippen molar-refractivity contribution in [3.05, 3.63) is 77.4 Å². The first-order valence-corrected chi connectivity index (χ1v) is 7.99. The SMILES string of the molecule is CCOC(=O)/C=C(\CCc1ccc(C(F)(F)F)cc1)c1ccccc1. The third kappa shape index (κ3) is 5.78. The lowest BCUT2D eigenvalue weighted by molar-refractivity contribution is -0.138. The molecule has 0 saturated carbocycles. The number of ether oxygens (including phenoxy) is 1. The van der Waals surface area contributed by atoms with Crippen molar-refractivity contribution >= 4 is 11.5 Å². The first-order chi connectivity index (χ1) is 11.9. The van der Waals surface area contributed by atoms with Crippen LogP contribution in [0, 0.1) is 0 Å². The number of hydrogen-bond donors (Lipinski definition) is 0. The van der Waals surface area contributed by atoms with Crippen molar-refractivity contribution < 1.29 is 22.7 Å². The van der Waals surface area contributed by atoms with Gasteiger partial charge < -0.3 is 4.74 Å². The normalized spacial score (nSPS) is 12.1. The van der Waals surface area contributed by atoms with Crippen LogP contribution in [-0.2, 0) is 22.1 Å². The number of aryl methyl sites for hydroxylation is 1. The molecule has 2 nitrogen and oxygen atoms in total. The summed E-state index contributed by atoms with van der Waals surface area (Å²) in [4.78, 5) is 11.8. The van der Waals surface area contributed by atoms with Crippen molar-refractivity contribution in [3.8, 4) is 0 Å². The highest BCUT2D eigenvalue weighted by molar-refractivity contribution is 5.91. The highest BCUT2D eigenvalue weighted by atomic mass is 19.4. The molecule has 5 heteroatoms. The lowest BCUT2D eigenvalue weighted by Crippen LogP contribution is -2.04. The van der Waals surface area contributed by atoms with E-state index in [0.717, 1.165) is 28.8 Å². The van der Waals surface area contributed by atoms with Gasteiger partial charge >= 0.3 is 12.1 Å². The van der Waals surface area contributed by atoms with Crippen LogP contribution in [0.5, 0.6) is 0 Å². The Hall–Kier alpha value is -2.56. The first kappa shape index (κ1) is 18.8. The fraction of sp³-hybridized carbons (Fsp3) is 0.250. The van der Waals surface area contributed by atoms with Crippen molar-refractivity contribution in [2.45, 2.75) is 25.9 Å². The van der Waals surface area contributed by atoms with E-state index in [0.29, 0.717) is 12.8 Å². The van der Waals surface area contributed by atoms with Crippen molar-refractivity contribution in [3.63, 3.8) is 0 Å². The van der Waals surface area contributed by atoms with Gasteiger partial charge in [-0.05, 0) is 48.6 Å². The predicted molar refractivity (Wildman–Crippen MR) is 90.8 cm³/mol. The molecule has 2 rings (SSSR count). The highest BCUT2D eigenvalue weighted by Gasteiger charge is 2.29. The van der Waals surface area contributed by atoms with Crippen molar-refractivity contribution in [1.29, 1.82) is 0 Å². The maximum Gasteiger partial charge on any atom is 0.416 e. The van der Waals surface area contributed by atoms with Crippen LogP contribution >= 0.6 is 0 Å². The number of alkyl halides is 3. The fourth-order valence-corrected chi connectivity index (χ4v) is 2.42. The number of hydrogen-bond acceptors (Lipinski definition) is 2.